The molecule has 3 aliphatic heterocycles. The van der Waals surface area contributed by atoms with Crippen molar-refractivity contribution in [3.8, 4) is 0 Å². The maximum absolute atomic E-state index is 12.0. The molecule has 3 heterocycles. The molecule has 53 heavy (non-hydrogen) atoms. The Bertz CT molecular complexity index is 1310. The minimum Gasteiger partial charge on any atom is -0.394 e. The van der Waals surface area contributed by atoms with Crippen molar-refractivity contribution in [2.75, 3.05) is 19.8 Å². The molecule has 0 aromatic rings. The summed E-state index contributed by atoms with van der Waals surface area (Å²) >= 11 is 0. The average molecular weight is 757 g/mol. The van der Waals surface area contributed by atoms with Gasteiger partial charge in [0.1, 0.15) is 48.8 Å². The van der Waals surface area contributed by atoms with Crippen molar-refractivity contribution in [3.05, 3.63) is 11.6 Å². The Morgan fingerprint density at radius 3 is 2.15 bits per heavy atom. The zero-order chi connectivity index (χ0) is 38.2. The molecule has 21 atom stereocenters. The second-order valence-corrected chi connectivity index (χ2v) is 18.2. The molecule has 4 aliphatic carbocycles. The summed E-state index contributed by atoms with van der Waals surface area (Å²) < 4.78 is 29.8. The van der Waals surface area contributed by atoms with Gasteiger partial charge in [-0.3, -0.25) is 0 Å². The van der Waals surface area contributed by atoms with Crippen molar-refractivity contribution in [1.82, 2.24) is 0 Å². The first-order valence-corrected chi connectivity index (χ1v) is 20.0. The average Bonchev–Trinajstić information content (AvgIpc) is 3.57. The van der Waals surface area contributed by atoms with Gasteiger partial charge in [-0.15, -0.1) is 0 Å². The van der Waals surface area contributed by atoms with Gasteiger partial charge in [-0.2, -0.15) is 0 Å². The van der Waals surface area contributed by atoms with E-state index in [0.29, 0.717) is 37.0 Å². The van der Waals surface area contributed by atoms with Crippen LogP contribution in [0, 0.1) is 46.3 Å². The Morgan fingerprint density at radius 2 is 1.49 bits per heavy atom. The molecule has 0 aromatic carbocycles. The quantitative estimate of drug-likeness (QED) is 0.137. The lowest BCUT2D eigenvalue weighted by Crippen LogP contribution is -2.60. The summed E-state index contributed by atoms with van der Waals surface area (Å²) in [6.07, 6.45) is -3.29. The van der Waals surface area contributed by atoms with Crippen molar-refractivity contribution in [2.45, 2.75) is 165 Å². The highest BCUT2D eigenvalue weighted by atomic mass is 16.7. The molecule has 0 bridgehead atoms. The molecule has 14 heteroatoms. The van der Waals surface area contributed by atoms with Gasteiger partial charge in [0.25, 0.3) is 0 Å². The van der Waals surface area contributed by atoms with Crippen LogP contribution in [0.2, 0.25) is 0 Å². The van der Waals surface area contributed by atoms with Crippen LogP contribution in [0.1, 0.15) is 85.5 Å². The van der Waals surface area contributed by atoms with Crippen LogP contribution >= 0.6 is 0 Å². The molecule has 7 aliphatic rings. The number of rotatable bonds is 10. The predicted molar refractivity (Wildman–Crippen MR) is 186 cm³/mol. The zero-order valence-electron chi connectivity index (χ0n) is 31.5. The topological polar surface area (TPSA) is 228 Å². The third-order valence-electron chi connectivity index (χ3n) is 15.3. The molecule has 304 valence electrons. The molecule has 0 spiro atoms. The molecule has 9 N–H and O–H groups in total. The van der Waals surface area contributed by atoms with Gasteiger partial charge in [-0.05, 0) is 91.8 Å². The van der Waals surface area contributed by atoms with Gasteiger partial charge in [0.2, 0.25) is 0 Å². The molecule has 14 nitrogen and oxygen atoms in total. The molecule has 7 rings (SSSR count). The van der Waals surface area contributed by atoms with E-state index in [0.717, 1.165) is 38.5 Å². The highest BCUT2D eigenvalue weighted by Gasteiger charge is 2.68. The van der Waals surface area contributed by atoms with Crippen LogP contribution in [-0.2, 0) is 23.7 Å². The molecule has 6 fully saturated rings. The summed E-state index contributed by atoms with van der Waals surface area (Å²) in [5.41, 5.74) is 1.45. The van der Waals surface area contributed by atoms with E-state index in [4.69, 9.17) is 23.7 Å². The minimum absolute atomic E-state index is 0.0229. The van der Waals surface area contributed by atoms with Crippen LogP contribution in [0.5, 0.6) is 0 Å². The lowest BCUT2D eigenvalue weighted by molar-refractivity contribution is -0.313. The summed E-state index contributed by atoms with van der Waals surface area (Å²) in [5, 5.41) is 92.5. The number of hydrogen-bond acceptors (Lipinski definition) is 14. The molecule has 0 amide bonds. The van der Waals surface area contributed by atoms with E-state index in [1.54, 1.807) is 0 Å². The molecular formula is C39H64O14. The summed E-state index contributed by atoms with van der Waals surface area (Å²) in [7, 11) is 0. The molecule has 0 aromatic heterocycles. The van der Waals surface area contributed by atoms with Crippen LogP contribution < -0.4 is 0 Å². The first kappa shape index (κ1) is 40.4. The van der Waals surface area contributed by atoms with Crippen LogP contribution in [0.4, 0.5) is 0 Å². The largest absolute Gasteiger partial charge is 0.394 e. The van der Waals surface area contributed by atoms with E-state index in [1.165, 1.54) is 5.57 Å². The Kier molecular flexibility index (Phi) is 11.6. The Morgan fingerprint density at radius 1 is 0.849 bits per heavy atom. The number of ether oxygens (including phenoxy) is 5. The van der Waals surface area contributed by atoms with Crippen LogP contribution in [-0.4, -0.2) is 145 Å². The highest BCUT2D eigenvalue weighted by molar-refractivity contribution is 5.26. The SMILES string of the molecule is C[C@H](CC[C@]1(O)O[C@H]2C[C@H]3[C@@H]4CC=C5C[C@@H](O[C@@H]6O[C@H](CO)[C@@H](O)[C@H](O)[C@H]6O)CC[C@]5(C)[C@H]4CC[C@]3(C)[C@H]2[C@@H]1C)CO[C@@H]1O[C@H](CO)[C@@H](O)[C@H](O)[C@H]1O. The predicted octanol–water partition coefficient (Wildman–Crippen LogP) is 0.317. The fourth-order valence-electron chi connectivity index (χ4n) is 12.1. The maximum Gasteiger partial charge on any atom is 0.186 e. The van der Waals surface area contributed by atoms with Gasteiger partial charge >= 0.3 is 0 Å². The lowest BCUT2D eigenvalue weighted by Gasteiger charge is -2.58. The van der Waals surface area contributed by atoms with Crippen molar-refractivity contribution >= 4 is 0 Å². The summed E-state index contributed by atoms with van der Waals surface area (Å²) in [5.74, 6) is 0.404. The normalized spacial score (nSPS) is 54.4. The van der Waals surface area contributed by atoms with Crippen molar-refractivity contribution in [3.63, 3.8) is 0 Å². The third-order valence-corrected chi connectivity index (χ3v) is 15.3. The van der Waals surface area contributed by atoms with Crippen molar-refractivity contribution in [1.29, 1.82) is 0 Å². The molecule has 3 saturated carbocycles. The number of aliphatic hydroxyl groups is 9. The molecule has 0 radical (unpaired) electrons. The number of allylic oxidation sites excluding steroid dienone is 1. The third kappa shape index (κ3) is 6.88. The van der Waals surface area contributed by atoms with Gasteiger partial charge < -0.3 is 69.6 Å². The monoisotopic (exact) mass is 756 g/mol. The molecular weight excluding hydrogens is 692 g/mol. The fraction of sp³-hybridized carbons (Fsp3) is 0.949. The van der Waals surface area contributed by atoms with Crippen molar-refractivity contribution in [2.24, 2.45) is 46.3 Å². The Balaban J connectivity index is 0.948. The van der Waals surface area contributed by atoms with Crippen LogP contribution in [0.15, 0.2) is 11.6 Å². The van der Waals surface area contributed by atoms with Gasteiger partial charge in [-0.1, -0.05) is 39.3 Å². The minimum atomic E-state index is -1.49. The second-order valence-electron chi connectivity index (χ2n) is 18.2. The van der Waals surface area contributed by atoms with E-state index in [1.807, 2.05) is 6.92 Å². The zero-order valence-corrected chi connectivity index (χ0v) is 31.5. The lowest BCUT2D eigenvalue weighted by atomic mass is 9.47. The van der Waals surface area contributed by atoms with Crippen LogP contribution in [0.25, 0.3) is 0 Å². The molecule has 0 unspecified atom stereocenters. The second kappa shape index (κ2) is 15.2. The molecule has 3 saturated heterocycles. The van der Waals surface area contributed by atoms with E-state index in [2.05, 4.69) is 26.8 Å². The van der Waals surface area contributed by atoms with Crippen molar-refractivity contribution < 1.29 is 69.6 Å². The number of fused-ring (bicyclic) bond motifs is 7. The Labute approximate surface area is 312 Å². The fourth-order valence-corrected chi connectivity index (χ4v) is 12.1. The smallest absolute Gasteiger partial charge is 0.186 e. The van der Waals surface area contributed by atoms with E-state index in [-0.39, 0.29) is 47.4 Å². The number of aliphatic hydroxyl groups excluding tert-OH is 8. The first-order valence-electron chi connectivity index (χ1n) is 20.0. The highest BCUT2D eigenvalue weighted by Crippen LogP contribution is 2.70. The van der Waals surface area contributed by atoms with Crippen LogP contribution in [0.3, 0.4) is 0 Å². The van der Waals surface area contributed by atoms with Gasteiger partial charge in [0.05, 0.1) is 32.0 Å². The Hall–Kier alpha value is -0.820. The van der Waals surface area contributed by atoms with Gasteiger partial charge in [-0.25, -0.2) is 0 Å². The summed E-state index contributed by atoms with van der Waals surface area (Å²) in [6, 6.07) is 0. The van der Waals surface area contributed by atoms with Gasteiger partial charge in [0.15, 0.2) is 18.4 Å². The van der Waals surface area contributed by atoms with Gasteiger partial charge in [0, 0.05) is 12.3 Å². The maximum atomic E-state index is 12.0. The van der Waals surface area contributed by atoms with E-state index < -0.39 is 80.4 Å². The summed E-state index contributed by atoms with van der Waals surface area (Å²) in [4.78, 5) is 0. The number of hydrogen-bond donors (Lipinski definition) is 9. The van der Waals surface area contributed by atoms with E-state index >= 15 is 0 Å². The standard InChI is InChI=1S/C39H64O14/c1-18(17-49-35-33(46)31(44)29(42)26(15-40)51-35)7-12-39(48)19(2)28-25(53-39)14-24-22-6-5-20-13-21(8-10-37(20,3)23(22)9-11-38(24,28)4)50-36-34(47)32(45)30(43)27(16-41)52-36/h5,18-19,21-36,40-48H,6-17H2,1-4H3/t18-,19+,21+,22-,23+,24+,25+,26-,27-,28+,29-,30-,31+,32+,33-,34-,35-,36-,37+,38+,39+/m1/s1. The van der Waals surface area contributed by atoms with E-state index in [9.17, 15) is 46.0 Å². The first-order chi connectivity index (χ1) is 25.1. The summed E-state index contributed by atoms with van der Waals surface area (Å²) in [6.45, 7) is 8.13.